The number of carbonyl (C=O) groups excluding carboxylic acids is 1. The van der Waals surface area contributed by atoms with Crippen molar-refractivity contribution in [1.82, 2.24) is 10.6 Å². The van der Waals surface area contributed by atoms with E-state index < -0.39 is 0 Å². The molecule has 0 aromatic carbocycles. The van der Waals surface area contributed by atoms with Gasteiger partial charge in [-0.05, 0) is 18.8 Å². The Bertz CT molecular complexity index is 202. The summed E-state index contributed by atoms with van der Waals surface area (Å²) in [7, 11) is 0. The Balaban J connectivity index is 1.66. The number of hydrogen-bond acceptors (Lipinski definition) is 2. The number of urea groups is 1. The Kier molecular flexibility index (Phi) is 2.40. The van der Waals surface area contributed by atoms with E-state index in [2.05, 4.69) is 17.6 Å². The Labute approximate surface area is 78.0 Å². The molecule has 1 saturated carbocycles. The lowest BCUT2D eigenvalue weighted by molar-refractivity contribution is 0.188. The van der Waals surface area contributed by atoms with Crippen molar-refractivity contribution in [3.8, 4) is 0 Å². The summed E-state index contributed by atoms with van der Waals surface area (Å²) < 4.78 is 5.16. The lowest BCUT2D eigenvalue weighted by atomic mass is 10.3. The molecule has 4 heteroatoms. The number of ether oxygens (including phenoxy) is 1. The van der Waals surface area contributed by atoms with Crippen LogP contribution in [0.4, 0.5) is 4.79 Å². The normalized spacial score (nSPS) is 37.2. The summed E-state index contributed by atoms with van der Waals surface area (Å²) in [4.78, 5) is 11.3. The lowest BCUT2D eigenvalue weighted by Gasteiger charge is -2.11. The van der Waals surface area contributed by atoms with Gasteiger partial charge in [0.15, 0.2) is 0 Å². The molecule has 1 heterocycles. The predicted molar refractivity (Wildman–Crippen MR) is 48.5 cm³/mol. The highest BCUT2D eigenvalue weighted by atomic mass is 16.5. The fourth-order valence-corrected chi connectivity index (χ4v) is 1.57. The van der Waals surface area contributed by atoms with Crippen molar-refractivity contribution in [2.75, 3.05) is 13.2 Å². The van der Waals surface area contributed by atoms with Gasteiger partial charge in [0.25, 0.3) is 0 Å². The number of amides is 2. The molecule has 1 aliphatic carbocycles. The molecule has 0 bridgehead atoms. The molecule has 2 aliphatic rings. The zero-order chi connectivity index (χ0) is 9.26. The summed E-state index contributed by atoms with van der Waals surface area (Å²) in [5.74, 6) is 0.658. The monoisotopic (exact) mass is 184 g/mol. The van der Waals surface area contributed by atoms with Crippen LogP contribution in [0.25, 0.3) is 0 Å². The van der Waals surface area contributed by atoms with Crippen molar-refractivity contribution in [3.63, 3.8) is 0 Å². The largest absolute Gasteiger partial charge is 0.379 e. The van der Waals surface area contributed by atoms with E-state index in [4.69, 9.17) is 4.74 Å². The van der Waals surface area contributed by atoms with Gasteiger partial charge in [0, 0.05) is 12.6 Å². The average Bonchev–Trinajstić information content (AvgIpc) is 2.61. The van der Waals surface area contributed by atoms with E-state index in [1.54, 1.807) is 0 Å². The zero-order valence-corrected chi connectivity index (χ0v) is 7.88. The van der Waals surface area contributed by atoms with Gasteiger partial charge in [0.05, 0.1) is 12.6 Å². The fourth-order valence-electron chi connectivity index (χ4n) is 1.57. The second-order valence-corrected chi connectivity index (χ2v) is 4.00. The minimum Gasteiger partial charge on any atom is -0.379 e. The molecule has 0 aromatic rings. The summed E-state index contributed by atoms with van der Waals surface area (Å²) in [6.07, 6.45) is 2.06. The molecular weight excluding hydrogens is 168 g/mol. The molecule has 2 rings (SSSR count). The highest BCUT2D eigenvalue weighted by molar-refractivity contribution is 5.75. The van der Waals surface area contributed by atoms with Gasteiger partial charge in [0.2, 0.25) is 0 Å². The van der Waals surface area contributed by atoms with Crippen LogP contribution in [0.3, 0.4) is 0 Å². The first-order valence-electron chi connectivity index (χ1n) is 4.90. The van der Waals surface area contributed by atoms with Crippen molar-refractivity contribution >= 4 is 6.03 Å². The Morgan fingerprint density at radius 1 is 1.46 bits per heavy atom. The van der Waals surface area contributed by atoms with E-state index >= 15 is 0 Å². The van der Waals surface area contributed by atoms with E-state index in [0.29, 0.717) is 18.6 Å². The minimum absolute atomic E-state index is 0.0372. The van der Waals surface area contributed by atoms with Crippen LogP contribution < -0.4 is 10.6 Å². The molecule has 2 N–H and O–H groups in total. The van der Waals surface area contributed by atoms with E-state index in [1.165, 1.54) is 0 Å². The first-order chi connectivity index (χ1) is 6.25. The third kappa shape index (κ3) is 2.34. The Morgan fingerprint density at radius 3 is 2.77 bits per heavy atom. The van der Waals surface area contributed by atoms with E-state index in [0.717, 1.165) is 19.4 Å². The molecule has 13 heavy (non-hydrogen) atoms. The average molecular weight is 184 g/mol. The maximum Gasteiger partial charge on any atom is 0.315 e. The lowest BCUT2D eigenvalue weighted by Crippen LogP contribution is -2.43. The molecular formula is C9H16N2O2. The molecule has 74 valence electrons. The molecule has 0 radical (unpaired) electrons. The van der Waals surface area contributed by atoms with Crippen LogP contribution in [0.5, 0.6) is 0 Å². The second kappa shape index (κ2) is 3.54. The Morgan fingerprint density at radius 2 is 2.23 bits per heavy atom. The summed E-state index contributed by atoms with van der Waals surface area (Å²) in [6, 6.07) is 0.584. The van der Waals surface area contributed by atoms with E-state index in [9.17, 15) is 4.79 Å². The van der Waals surface area contributed by atoms with Crippen LogP contribution in [0.2, 0.25) is 0 Å². The van der Waals surface area contributed by atoms with Crippen molar-refractivity contribution in [2.24, 2.45) is 5.92 Å². The molecule has 0 spiro atoms. The van der Waals surface area contributed by atoms with Gasteiger partial charge in [-0.1, -0.05) is 6.92 Å². The number of carbonyl (C=O) groups is 1. The molecule has 2 amide bonds. The van der Waals surface area contributed by atoms with Crippen LogP contribution in [0.15, 0.2) is 0 Å². The molecule has 1 saturated heterocycles. The first-order valence-corrected chi connectivity index (χ1v) is 4.90. The van der Waals surface area contributed by atoms with Gasteiger partial charge in [-0.3, -0.25) is 0 Å². The highest BCUT2D eigenvalue weighted by Crippen LogP contribution is 2.28. The molecule has 4 nitrogen and oxygen atoms in total. The third-order valence-electron chi connectivity index (χ3n) is 2.69. The van der Waals surface area contributed by atoms with Crippen molar-refractivity contribution in [1.29, 1.82) is 0 Å². The van der Waals surface area contributed by atoms with Crippen molar-refractivity contribution in [2.45, 2.75) is 31.8 Å². The molecule has 3 atom stereocenters. The third-order valence-corrected chi connectivity index (χ3v) is 2.69. The summed E-state index contributed by atoms with van der Waals surface area (Å²) >= 11 is 0. The van der Waals surface area contributed by atoms with Crippen molar-refractivity contribution in [3.05, 3.63) is 0 Å². The SMILES string of the molecule is C[C@@H]1C[C@H]1NC(=O)NC1CCOC1. The van der Waals surface area contributed by atoms with Crippen LogP contribution >= 0.6 is 0 Å². The quantitative estimate of drug-likeness (QED) is 0.656. The standard InChI is InChI=1S/C9H16N2O2/c1-6-4-8(6)11-9(12)10-7-2-3-13-5-7/h6-8H,2-5H2,1H3,(H2,10,11,12)/t6-,7?,8-/m1/s1. The number of rotatable bonds is 2. The molecule has 2 fully saturated rings. The minimum atomic E-state index is -0.0372. The molecule has 0 aromatic heterocycles. The van der Waals surface area contributed by atoms with Crippen LogP contribution in [0, 0.1) is 5.92 Å². The van der Waals surface area contributed by atoms with Crippen LogP contribution in [-0.4, -0.2) is 31.3 Å². The molecule has 1 aliphatic heterocycles. The van der Waals surface area contributed by atoms with E-state index in [1.807, 2.05) is 0 Å². The van der Waals surface area contributed by atoms with Gasteiger partial charge in [0.1, 0.15) is 0 Å². The second-order valence-electron chi connectivity index (χ2n) is 4.00. The van der Waals surface area contributed by atoms with Gasteiger partial charge in [-0.25, -0.2) is 4.79 Å². The molecule has 1 unspecified atom stereocenters. The first kappa shape index (κ1) is 8.81. The van der Waals surface area contributed by atoms with Crippen molar-refractivity contribution < 1.29 is 9.53 Å². The maximum absolute atomic E-state index is 11.3. The van der Waals surface area contributed by atoms with Crippen LogP contribution in [0.1, 0.15) is 19.8 Å². The summed E-state index contributed by atoms with van der Waals surface area (Å²) in [5, 5.41) is 5.82. The number of nitrogens with one attached hydrogen (secondary N) is 2. The Hall–Kier alpha value is -0.770. The van der Waals surface area contributed by atoms with Gasteiger partial charge in [-0.2, -0.15) is 0 Å². The predicted octanol–water partition coefficient (Wildman–Crippen LogP) is 0.483. The van der Waals surface area contributed by atoms with E-state index in [-0.39, 0.29) is 12.1 Å². The fraction of sp³-hybridized carbons (Fsp3) is 0.889. The summed E-state index contributed by atoms with van der Waals surface area (Å²) in [5.41, 5.74) is 0. The van der Waals surface area contributed by atoms with Gasteiger partial charge in [-0.15, -0.1) is 0 Å². The number of hydrogen-bond donors (Lipinski definition) is 2. The highest BCUT2D eigenvalue weighted by Gasteiger charge is 2.34. The topological polar surface area (TPSA) is 50.4 Å². The zero-order valence-electron chi connectivity index (χ0n) is 7.88. The maximum atomic E-state index is 11.3. The van der Waals surface area contributed by atoms with Gasteiger partial charge >= 0.3 is 6.03 Å². The van der Waals surface area contributed by atoms with Gasteiger partial charge < -0.3 is 15.4 Å². The smallest absolute Gasteiger partial charge is 0.315 e. The van der Waals surface area contributed by atoms with Crippen LogP contribution in [-0.2, 0) is 4.74 Å². The summed E-state index contributed by atoms with van der Waals surface area (Å²) in [6.45, 7) is 3.57.